The van der Waals surface area contributed by atoms with Crippen LogP contribution in [0.3, 0.4) is 0 Å². The van der Waals surface area contributed by atoms with Crippen LogP contribution in [-0.2, 0) is 7.05 Å². The highest BCUT2D eigenvalue weighted by molar-refractivity contribution is 5.92. The number of hydrogen-bond donors (Lipinski definition) is 1. The molecule has 1 aliphatic heterocycles. The van der Waals surface area contributed by atoms with Gasteiger partial charge in [-0.15, -0.1) is 0 Å². The van der Waals surface area contributed by atoms with Crippen LogP contribution in [-0.4, -0.2) is 39.7 Å². The predicted molar refractivity (Wildman–Crippen MR) is 51.7 cm³/mol. The van der Waals surface area contributed by atoms with Crippen LogP contribution in [0, 0.1) is 0 Å². The van der Waals surface area contributed by atoms with E-state index in [9.17, 15) is 4.79 Å². The Bertz CT molecular complexity index is 346. The summed E-state index contributed by atoms with van der Waals surface area (Å²) in [6.07, 6.45) is 2.65. The van der Waals surface area contributed by atoms with Crippen molar-refractivity contribution in [1.29, 1.82) is 0 Å². The van der Waals surface area contributed by atoms with Crippen LogP contribution in [0.25, 0.3) is 0 Å². The molecule has 14 heavy (non-hydrogen) atoms. The van der Waals surface area contributed by atoms with E-state index in [1.54, 1.807) is 28.9 Å². The average molecular weight is 194 g/mol. The van der Waals surface area contributed by atoms with Gasteiger partial charge >= 0.3 is 0 Å². The summed E-state index contributed by atoms with van der Waals surface area (Å²) in [6, 6.07) is 1.86. The topological polar surface area (TPSA) is 64.2 Å². The lowest BCUT2D eigenvalue weighted by Crippen LogP contribution is -2.32. The summed E-state index contributed by atoms with van der Waals surface area (Å²) >= 11 is 0. The van der Waals surface area contributed by atoms with E-state index in [2.05, 4.69) is 5.10 Å². The number of rotatable bonds is 1. The molecule has 2 heterocycles. The second kappa shape index (κ2) is 3.42. The highest BCUT2D eigenvalue weighted by Crippen LogP contribution is 2.10. The summed E-state index contributed by atoms with van der Waals surface area (Å²) in [6.45, 7) is 1.39. The molecule has 1 aliphatic rings. The van der Waals surface area contributed by atoms with Crippen molar-refractivity contribution < 1.29 is 4.79 Å². The van der Waals surface area contributed by atoms with Gasteiger partial charge in [-0.25, -0.2) is 0 Å². The zero-order valence-corrected chi connectivity index (χ0v) is 8.18. The molecule has 1 atom stereocenters. The van der Waals surface area contributed by atoms with Gasteiger partial charge in [-0.1, -0.05) is 0 Å². The fraction of sp³-hybridized carbons (Fsp3) is 0.556. The van der Waals surface area contributed by atoms with Gasteiger partial charge in [0.25, 0.3) is 5.91 Å². The van der Waals surface area contributed by atoms with Gasteiger partial charge in [-0.05, 0) is 12.5 Å². The second-order valence-electron chi connectivity index (χ2n) is 3.67. The van der Waals surface area contributed by atoms with Crippen molar-refractivity contribution in [3.05, 3.63) is 18.0 Å². The molecular weight excluding hydrogens is 180 g/mol. The van der Waals surface area contributed by atoms with Gasteiger partial charge in [0.2, 0.25) is 0 Å². The number of likely N-dealkylation sites (tertiary alicyclic amines) is 1. The fourth-order valence-corrected chi connectivity index (χ4v) is 1.66. The summed E-state index contributed by atoms with van der Waals surface area (Å²) in [7, 11) is 1.80. The van der Waals surface area contributed by atoms with Crippen LogP contribution >= 0.6 is 0 Å². The lowest BCUT2D eigenvalue weighted by Gasteiger charge is -2.13. The maximum absolute atomic E-state index is 11.8. The molecule has 5 nitrogen and oxygen atoms in total. The molecule has 1 fully saturated rings. The van der Waals surface area contributed by atoms with Gasteiger partial charge in [0.05, 0.1) is 0 Å². The van der Waals surface area contributed by atoms with Crippen LogP contribution < -0.4 is 5.73 Å². The molecule has 1 aromatic rings. The largest absolute Gasteiger partial charge is 0.336 e. The lowest BCUT2D eigenvalue weighted by molar-refractivity contribution is 0.0784. The molecule has 0 aromatic carbocycles. The van der Waals surface area contributed by atoms with E-state index < -0.39 is 0 Å². The summed E-state index contributed by atoms with van der Waals surface area (Å²) in [5, 5.41) is 4.06. The molecule has 0 radical (unpaired) electrons. The Morgan fingerprint density at radius 3 is 3.00 bits per heavy atom. The predicted octanol–water partition coefficient (Wildman–Crippen LogP) is -0.407. The van der Waals surface area contributed by atoms with Crippen LogP contribution in [0.15, 0.2) is 12.3 Å². The van der Waals surface area contributed by atoms with E-state index in [0.717, 1.165) is 13.0 Å². The van der Waals surface area contributed by atoms with E-state index in [-0.39, 0.29) is 11.9 Å². The molecular formula is C9H14N4O. The third-order valence-corrected chi connectivity index (χ3v) is 2.44. The molecule has 0 aliphatic carbocycles. The van der Waals surface area contributed by atoms with Crippen LogP contribution in [0.5, 0.6) is 0 Å². The average Bonchev–Trinajstić information content (AvgIpc) is 2.73. The molecule has 1 aromatic heterocycles. The first-order valence-electron chi connectivity index (χ1n) is 4.71. The highest BCUT2D eigenvalue weighted by Gasteiger charge is 2.25. The number of amides is 1. The summed E-state index contributed by atoms with van der Waals surface area (Å²) in [5.41, 5.74) is 6.23. The van der Waals surface area contributed by atoms with E-state index in [1.807, 2.05) is 0 Å². The van der Waals surface area contributed by atoms with E-state index in [1.165, 1.54) is 0 Å². The monoisotopic (exact) mass is 194 g/mol. The summed E-state index contributed by atoms with van der Waals surface area (Å²) in [5.74, 6) is -0.0152. The Morgan fingerprint density at radius 1 is 1.71 bits per heavy atom. The van der Waals surface area contributed by atoms with Crippen molar-refractivity contribution in [2.24, 2.45) is 12.8 Å². The van der Waals surface area contributed by atoms with Crippen LogP contribution in [0.2, 0.25) is 0 Å². The normalized spacial score (nSPS) is 21.6. The first kappa shape index (κ1) is 9.21. The van der Waals surface area contributed by atoms with E-state index in [4.69, 9.17) is 5.73 Å². The van der Waals surface area contributed by atoms with Gasteiger partial charge < -0.3 is 10.6 Å². The maximum atomic E-state index is 11.8. The SMILES string of the molecule is Cn1ccc(C(=O)N2CCC(N)C2)n1. The van der Waals surface area contributed by atoms with Crippen molar-refractivity contribution in [2.75, 3.05) is 13.1 Å². The molecule has 76 valence electrons. The molecule has 1 unspecified atom stereocenters. The van der Waals surface area contributed by atoms with Gasteiger partial charge in [0.1, 0.15) is 5.69 Å². The molecule has 0 bridgehead atoms. The minimum absolute atomic E-state index is 0.0152. The minimum atomic E-state index is -0.0152. The van der Waals surface area contributed by atoms with E-state index >= 15 is 0 Å². The number of hydrogen-bond acceptors (Lipinski definition) is 3. The van der Waals surface area contributed by atoms with Crippen molar-refractivity contribution in [1.82, 2.24) is 14.7 Å². The Hall–Kier alpha value is -1.36. The summed E-state index contributed by atoms with van der Waals surface area (Å²) < 4.78 is 1.63. The Labute approximate surface area is 82.5 Å². The summed E-state index contributed by atoms with van der Waals surface area (Å²) in [4.78, 5) is 13.6. The van der Waals surface area contributed by atoms with E-state index in [0.29, 0.717) is 12.2 Å². The molecule has 1 saturated heterocycles. The van der Waals surface area contributed by atoms with Gasteiger partial charge in [0.15, 0.2) is 0 Å². The van der Waals surface area contributed by atoms with Crippen molar-refractivity contribution in [3.8, 4) is 0 Å². The quantitative estimate of drug-likeness (QED) is 0.661. The molecule has 2 rings (SSSR count). The second-order valence-corrected chi connectivity index (χ2v) is 3.67. The Morgan fingerprint density at radius 2 is 2.50 bits per heavy atom. The molecule has 1 amide bonds. The van der Waals surface area contributed by atoms with Crippen molar-refractivity contribution in [2.45, 2.75) is 12.5 Å². The standard InChI is InChI=1S/C9H14N4O/c1-12-4-3-8(11-12)9(14)13-5-2-7(10)6-13/h3-4,7H,2,5-6,10H2,1H3. The molecule has 5 heteroatoms. The smallest absolute Gasteiger partial charge is 0.274 e. The number of carbonyl (C=O) groups is 1. The highest BCUT2D eigenvalue weighted by atomic mass is 16.2. The zero-order chi connectivity index (χ0) is 10.1. The molecule has 0 spiro atoms. The first-order chi connectivity index (χ1) is 6.66. The van der Waals surface area contributed by atoms with Gasteiger partial charge in [-0.3, -0.25) is 9.48 Å². The number of aryl methyl sites for hydroxylation is 1. The van der Waals surface area contributed by atoms with Crippen molar-refractivity contribution >= 4 is 5.91 Å². The lowest BCUT2D eigenvalue weighted by atomic mass is 10.3. The number of carbonyl (C=O) groups excluding carboxylic acids is 1. The first-order valence-corrected chi connectivity index (χ1v) is 4.71. The van der Waals surface area contributed by atoms with Crippen LogP contribution in [0.4, 0.5) is 0 Å². The third kappa shape index (κ3) is 1.63. The number of aromatic nitrogens is 2. The zero-order valence-electron chi connectivity index (χ0n) is 8.18. The number of nitrogens with zero attached hydrogens (tertiary/aromatic N) is 3. The Balaban J connectivity index is 2.09. The van der Waals surface area contributed by atoms with Crippen molar-refractivity contribution in [3.63, 3.8) is 0 Å². The third-order valence-electron chi connectivity index (χ3n) is 2.44. The maximum Gasteiger partial charge on any atom is 0.274 e. The van der Waals surface area contributed by atoms with Crippen LogP contribution in [0.1, 0.15) is 16.9 Å². The molecule has 2 N–H and O–H groups in total. The fourth-order valence-electron chi connectivity index (χ4n) is 1.66. The van der Waals surface area contributed by atoms with Gasteiger partial charge in [0, 0.05) is 32.4 Å². The Kier molecular flexibility index (Phi) is 2.25. The minimum Gasteiger partial charge on any atom is -0.336 e. The van der Waals surface area contributed by atoms with Gasteiger partial charge in [-0.2, -0.15) is 5.10 Å². The molecule has 0 saturated carbocycles. The number of nitrogens with two attached hydrogens (primary N) is 1.